The smallest absolute Gasteiger partial charge is 0.227 e. The number of nitrogens with zero attached hydrogens (tertiary/aromatic N) is 1. The van der Waals surface area contributed by atoms with E-state index in [2.05, 4.69) is 5.32 Å². The molecule has 2 aromatic rings. The summed E-state index contributed by atoms with van der Waals surface area (Å²) in [6.07, 6.45) is 0.967. The lowest BCUT2D eigenvalue weighted by molar-refractivity contribution is -0.120. The van der Waals surface area contributed by atoms with Crippen LogP contribution in [0.25, 0.3) is 0 Å². The van der Waals surface area contributed by atoms with Gasteiger partial charge >= 0.3 is 0 Å². The van der Waals surface area contributed by atoms with E-state index in [4.69, 9.17) is 16.3 Å². The molecule has 0 aromatic heterocycles. The number of ether oxygens (including phenoxy) is 1. The van der Waals surface area contributed by atoms with E-state index in [1.165, 1.54) is 4.31 Å². The van der Waals surface area contributed by atoms with Gasteiger partial charge in [-0.2, -0.15) is 0 Å². The van der Waals surface area contributed by atoms with Crippen molar-refractivity contribution in [2.75, 3.05) is 25.5 Å². The Morgan fingerprint density at radius 3 is 2.57 bits per heavy atom. The Balaban J connectivity index is 1.57. The molecule has 6 nitrogen and oxygen atoms in total. The van der Waals surface area contributed by atoms with Gasteiger partial charge < -0.3 is 10.1 Å². The number of halogens is 1. The predicted molar refractivity (Wildman–Crippen MR) is 110 cm³/mol. The van der Waals surface area contributed by atoms with Crippen LogP contribution in [0, 0.1) is 5.92 Å². The number of sulfonamides is 1. The van der Waals surface area contributed by atoms with Crippen molar-refractivity contribution in [2.24, 2.45) is 5.92 Å². The molecule has 1 aliphatic rings. The third-order valence-electron chi connectivity index (χ3n) is 4.85. The van der Waals surface area contributed by atoms with Crippen LogP contribution in [0.15, 0.2) is 48.5 Å². The van der Waals surface area contributed by atoms with Crippen LogP contribution < -0.4 is 10.1 Å². The molecule has 0 bridgehead atoms. The second kappa shape index (κ2) is 8.94. The Labute approximate surface area is 170 Å². The highest BCUT2D eigenvalue weighted by Gasteiger charge is 2.31. The zero-order valence-electron chi connectivity index (χ0n) is 15.6. The second-order valence-electron chi connectivity index (χ2n) is 6.74. The van der Waals surface area contributed by atoms with Gasteiger partial charge in [-0.05, 0) is 36.6 Å². The van der Waals surface area contributed by atoms with E-state index in [9.17, 15) is 13.2 Å². The van der Waals surface area contributed by atoms with Gasteiger partial charge in [-0.3, -0.25) is 4.79 Å². The zero-order valence-corrected chi connectivity index (χ0v) is 17.2. The largest absolute Gasteiger partial charge is 0.497 e. The minimum absolute atomic E-state index is 0.101. The third-order valence-corrected chi connectivity index (χ3v) is 7.05. The average molecular weight is 423 g/mol. The molecule has 8 heteroatoms. The molecule has 1 heterocycles. The Morgan fingerprint density at radius 2 is 1.89 bits per heavy atom. The lowest BCUT2D eigenvalue weighted by atomic mass is 9.97. The van der Waals surface area contributed by atoms with Crippen molar-refractivity contribution in [1.29, 1.82) is 0 Å². The number of carbonyl (C=O) groups excluding carboxylic acids is 1. The predicted octanol–water partition coefficient (Wildman–Crippen LogP) is 3.53. The summed E-state index contributed by atoms with van der Waals surface area (Å²) >= 11 is 6.09. The molecule has 2 aromatic carbocycles. The Hall–Kier alpha value is -2.09. The average Bonchev–Trinajstić information content (AvgIpc) is 2.70. The number of amides is 1. The van der Waals surface area contributed by atoms with Crippen LogP contribution in [0.2, 0.25) is 5.02 Å². The maximum Gasteiger partial charge on any atom is 0.227 e. The summed E-state index contributed by atoms with van der Waals surface area (Å²) in [5.41, 5.74) is 1.25. The number of anilines is 1. The number of hydrogen-bond acceptors (Lipinski definition) is 4. The summed E-state index contributed by atoms with van der Waals surface area (Å²) in [5.74, 6) is 0.209. The number of hydrogen-bond donors (Lipinski definition) is 1. The van der Waals surface area contributed by atoms with Crippen LogP contribution in [0.1, 0.15) is 18.4 Å². The first-order valence-electron chi connectivity index (χ1n) is 9.05. The molecule has 150 valence electrons. The summed E-state index contributed by atoms with van der Waals surface area (Å²) in [7, 11) is -1.91. The van der Waals surface area contributed by atoms with E-state index in [0.29, 0.717) is 48.0 Å². The van der Waals surface area contributed by atoms with Gasteiger partial charge in [0, 0.05) is 35.8 Å². The first kappa shape index (κ1) is 20.6. The quantitative estimate of drug-likeness (QED) is 0.772. The van der Waals surface area contributed by atoms with Gasteiger partial charge in [-0.15, -0.1) is 0 Å². The minimum atomic E-state index is -3.48. The molecular weight excluding hydrogens is 400 g/mol. The number of rotatable bonds is 6. The van der Waals surface area contributed by atoms with Crippen LogP contribution in [-0.4, -0.2) is 38.8 Å². The van der Waals surface area contributed by atoms with Gasteiger partial charge in [0.05, 0.1) is 12.9 Å². The molecule has 28 heavy (non-hydrogen) atoms. The van der Waals surface area contributed by atoms with E-state index in [1.54, 1.807) is 55.6 Å². The van der Waals surface area contributed by atoms with Crippen molar-refractivity contribution in [1.82, 2.24) is 4.31 Å². The summed E-state index contributed by atoms with van der Waals surface area (Å²) in [6, 6.07) is 14.1. The number of benzene rings is 2. The molecule has 0 aliphatic carbocycles. The highest BCUT2D eigenvalue weighted by atomic mass is 35.5. The lowest BCUT2D eigenvalue weighted by Crippen LogP contribution is -2.41. The Morgan fingerprint density at radius 1 is 1.18 bits per heavy atom. The normalized spacial score (nSPS) is 15.9. The molecule has 1 amide bonds. The van der Waals surface area contributed by atoms with Crippen molar-refractivity contribution < 1.29 is 17.9 Å². The molecule has 0 spiro atoms. The van der Waals surface area contributed by atoms with Crippen molar-refractivity contribution in [3.8, 4) is 5.75 Å². The summed E-state index contributed by atoms with van der Waals surface area (Å²) in [5, 5.41) is 3.33. The van der Waals surface area contributed by atoms with Crippen molar-refractivity contribution in [2.45, 2.75) is 18.6 Å². The van der Waals surface area contributed by atoms with Gasteiger partial charge in [0.2, 0.25) is 15.9 Å². The molecule has 0 saturated carbocycles. The number of nitrogens with one attached hydrogen (secondary N) is 1. The molecule has 3 rings (SSSR count). The molecule has 1 fully saturated rings. The fraction of sp³-hybridized carbons (Fsp3) is 0.350. The van der Waals surface area contributed by atoms with Gasteiger partial charge in [-0.1, -0.05) is 35.9 Å². The monoisotopic (exact) mass is 422 g/mol. The second-order valence-corrected chi connectivity index (χ2v) is 9.12. The first-order chi connectivity index (χ1) is 13.4. The van der Waals surface area contributed by atoms with E-state index >= 15 is 0 Å². The number of methoxy groups -OCH3 is 1. The third kappa shape index (κ3) is 5.04. The lowest BCUT2D eigenvalue weighted by Gasteiger charge is -2.30. The van der Waals surface area contributed by atoms with Crippen LogP contribution >= 0.6 is 11.6 Å². The van der Waals surface area contributed by atoms with Crippen molar-refractivity contribution in [3.63, 3.8) is 0 Å². The van der Waals surface area contributed by atoms with E-state index in [-0.39, 0.29) is 17.6 Å². The van der Waals surface area contributed by atoms with Gasteiger partial charge in [0.15, 0.2) is 0 Å². The molecule has 0 atom stereocenters. The summed E-state index contributed by atoms with van der Waals surface area (Å²) in [4.78, 5) is 12.5. The standard InChI is InChI=1S/C20H23ClN2O4S/c1-27-18-7-4-6-17(13-18)22-20(24)15-9-11-23(12-10-15)28(25,26)14-16-5-2-3-8-19(16)21/h2-8,13,15H,9-12,14H2,1H3,(H,22,24). The topological polar surface area (TPSA) is 75.7 Å². The van der Waals surface area contributed by atoms with Gasteiger partial charge in [-0.25, -0.2) is 12.7 Å². The summed E-state index contributed by atoms with van der Waals surface area (Å²) < 4.78 is 32.0. The molecule has 1 saturated heterocycles. The van der Waals surface area contributed by atoms with Crippen molar-refractivity contribution in [3.05, 3.63) is 59.1 Å². The van der Waals surface area contributed by atoms with Crippen LogP contribution in [0.5, 0.6) is 5.75 Å². The van der Waals surface area contributed by atoms with Gasteiger partial charge in [0.1, 0.15) is 5.75 Å². The molecule has 0 radical (unpaired) electrons. The fourth-order valence-corrected chi connectivity index (χ4v) is 5.12. The highest BCUT2D eigenvalue weighted by Crippen LogP contribution is 2.25. The van der Waals surface area contributed by atoms with E-state index < -0.39 is 10.0 Å². The summed E-state index contributed by atoms with van der Waals surface area (Å²) in [6.45, 7) is 0.645. The maximum absolute atomic E-state index is 12.7. The molecule has 1 aliphatic heterocycles. The highest BCUT2D eigenvalue weighted by molar-refractivity contribution is 7.88. The zero-order chi connectivity index (χ0) is 20.1. The molecular formula is C20H23ClN2O4S. The SMILES string of the molecule is COc1cccc(NC(=O)C2CCN(S(=O)(=O)Cc3ccccc3Cl)CC2)c1. The van der Waals surface area contributed by atoms with Gasteiger partial charge in [0.25, 0.3) is 0 Å². The Kier molecular flexibility index (Phi) is 6.59. The number of carbonyl (C=O) groups is 1. The van der Waals surface area contributed by atoms with Crippen LogP contribution in [0.4, 0.5) is 5.69 Å². The molecule has 1 N–H and O–H groups in total. The minimum Gasteiger partial charge on any atom is -0.497 e. The molecule has 0 unspecified atom stereocenters. The van der Waals surface area contributed by atoms with Crippen LogP contribution in [-0.2, 0) is 20.6 Å². The van der Waals surface area contributed by atoms with E-state index in [0.717, 1.165) is 0 Å². The van der Waals surface area contributed by atoms with Crippen LogP contribution in [0.3, 0.4) is 0 Å². The maximum atomic E-state index is 12.7. The van der Waals surface area contributed by atoms with Crippen molar-refractivity contribution >= 4 is 33.2 Å². The van der Waals surface area contributed by atoms with E-state index in [1.807, 2.05) is 0 Å². The Bertz CT molecular complexity index is 941. The number of piperidine rings is 1. The fourth-order valence-electron chi connectivity index (χ4n) is 3.24. The first-order valence-corrected chi connectivity index (χ1v) is 11.0.